The molecule has 1 saturated heterocycles. The maximum atomic E-state index is 13.0. The lowest BCUT2D eigenvalue weighted by Crippen LogP contribution is -2.41. The van der Waals surface area contributed by atoms with Gasteiger partial charge < -0.3 is 4.42 Å². The predicted octanol–water partition coefficient (Wildman–Crippen LogP) is 3.43. The first-order valence-electron chi connectivity index (χ1n) is 8.06. The molecule has 0 atom stereocenters. The van der Waals surface area contributed by atoms with E-state index < -0.39 is 5.92 Å². The third-order valence-corrected chi connectivity index (χ3v) is 4.20. The number of carbonyl (C=O) groups is 2. The summed E-state index contributed by atoms with van der Waals surface area (Å²) in [6.07, 6.45) is 1.79. The van der Waals surface area contributed by atoms with Crippen molar-refractivity contribution < 1.29 is 14.0 Å². The summed E-state index contributed by atoms with van der Waals surface area (Å²) < 4.78 is 5.33. The number of hydrogen-bond donors (Lipinski definition) is 0. The van der Waals surface area contributed by atoms with Gasteiger partial charge in [0.05, 0.1) is 17.6 Å². The van der Waals surface area contributed by atoms with Gasteiger partial charge >= 0.3 is 0 Å². The molecule has 1 aliphatic heterocycles. The van der Waals surface area contributed by atoms with Crippen LogP contribution in [0.5, 0.6) is 0 Å². The first-order chi connectivity index (χ1) is 12.3. The fourth-order valence-corrected chi connectivity index (χ4v) is 3.03. The first-order valence-corrected chi connectivity index (χ1v) is 8.06. The van der Waals surface area contributed by atoms with Crippen LogP contribution in [0.4, 0.5) is 11.4 Å². The largest absolute Gasteiger partial charge is 0.469 e. The third kappa shape index (κ3) is 2.70. The number of hydrogen-bond acceptors (Lipinski definition) is 3. The zero-order valence-corrected chi connectivity index (χ0v) is 13.4. The van der Waals surface area contributed by atoms with E-state index in [2.05, 4.69) is 0 Å². The van der Waals surface area contributed by atoms with Gasteiger partial charge in [0.1, 0.15) is 11.7 Å². The van der Waals surface area contributed by atoms with Crippen molar-refractivity contribution in [3.8, 4) is 0 Å². The van der Waals surface area contributed by atoms with Crippen LogP contribution < -0.4 is 10.0 Å². The van der Waals surface area contributed by atoms with Crippen LogP contribution in [0.1, 0.15) is 5.76 Å². The van der Waals surface area contributed by atoms with Gasteiger partial charge in [0.15, 0.2) is 0 Å². The molecule has 25 heavy (non-hydrogen) atoms. The summed E-state index contributed by atoms with van der Waals surface area (Å²) >= 11 is 0. The Balaban J connectivity index is 1.76. The molecule has 0 bridgehead atoms. The highest BCUT2D eigenvalue weighted by atomic mass is 16.3. The molecule has 124 valence electrons. The van der Waals surface area contributed by atoms with Crippen molar-refractivity contribution >= 4 is 23.2 Å². The summed E-state index contributed by atoms with van der Waals surface area (Å²) in [6.45, 7) is 0. The van der Waals surface area contributed by atoms with E-state index in [9.17, 15) is 9.59 Å². The van der Waals surface area contributed by atoms with Crippen molar-refractivity contribution in [2.45, 2.75) is 6.42 Å². The third-order valence-electron chi connectivity index (χ3n) is 4.20. The highest BCUT2D eigenvalue weighted by Gasteiger charge is 2.47. The summed E-state index contributed by atoms with van der Waals surface area (Å²) in [5.41, 5.74) is 1.32. The van der Waals surface area contributed by atoms with Crippen molar-refractivity contribution in [2.24, 2.45) is 5.92 Å². The Kier molecular flexibility index (Phi) is 3.82. The number of nitrogens with zero attached hydrogens (tertiary/aromatic N) is 2. The van der Waals surface area contributed by atoms with E-state index in [1.165, 1.54) is 10.0 Å². The molecule has 5 heteroatoms. The molecule has 0 saturated carbocycles. The second-order valence-corrected chi connectivity index (χ2v) is 5.81. The molecule has 5 nitrogen and oxygen atoms in total. The van der Waals surface area contributed by atoms with Gasteiger partial charge in [-0.25, -0.2) is 10.0 Å². The number of carbonyl (C=O) groups excluding carboxylic acids is 2. The van der Waals surface area contributed by atoms with Crippen molar-refractivity contribution in [3.63, 3.8) is 0 Å². The average Bonchev–Trinajstić information content (AvgIpc) is 3.25. The number of para-hydroxylation sites is 2. The van der Waals surface area contributed by atoms with Gasteiger partial charge in [0.2, 0.25) is 0 Å². The maximum Gasteiger partial charge on any atom is 0.259 e. The van der Waals surface area contributed by atoms with E-state index in [1.807, 2.05) is 60.7 Å². The molecule has 0 N–H and O–H groups in total. The number of furan rings is 1. The molecule has 2 aromatic carbocycles. The number of hydrazine groups is 1. The van der Waals surface area contributed by atoms with Crippen molar-refractivity contribution in [2.75, 3.05) is 10.0 Å². The summed E-state index contributed by atoms with van der Waals surface area (Å²) in [5, 5.41) is 2.90. The fraction of sp³-hybridized carbons (Fsp3) is 0.100. The Bertz CT molecular complexity index is 818. The lowest BCUT2D eigenvalue weighted by Gasteiger charge is -2.27. The van der Waals surface area contributed by atoms with E-state index in [0.717, 1.165) is 0 Å². The molecule has 1 fully saturated rings. The molecule has 1 aliphatic rings. The molecular weight excluding hydrogens is 316 g/mol. The standard InChI is InChI=1S/C20H16N2O3/c23-19-18(14-17-12-7-13-25-17)20(24)22(16-10-5-2-6-11-16)21(19)15-8-3-1-4-9-15/h1-13,18H,14H2. The molecule has 4 rings (SSSR count). The van der Waals surface area contributed by atoms with Gasteiger partial charge in [-0.1, -0.05) is 36.4 Å². The summed E-state index contributed by atoms with van der Waals surface area (Å²) in [5.74, 6) is -0.686. The summed E-state index contributed by atoms with van der Waals surface area (Å²) in [4.78, 5) is 26.1. The minimum Gasteiger partial charge on any atom is -0.469 e. The fourth-order valence-electron chi connectivity index (χ4n) is 3.03. The highest BCUT2D eigenvalue weighted by molar-refractivity contribution is 6.23. The van der Waals surface area contributed by atoms with Crippen molar-refractivity contribution in [1.29, 1.82) is 0 Å². The lowest BCUT2D eigenvalue weighted by molar-refractivity contribution is -0.127. The average molecular weight is 332 g/mol. The maximum absolute atomic E-state index is 13.0. The van der Waals surface area contributed by atoms with E-state index in [1.54, 1.807) is 18.4 Å². The van der Waals surface area contributed by atoms with Gasteiger partial charge in [-0.05, 0) is 36.4 Å². The van der Waals surface area contributed by atoms with Crippen molar-refractivity contribution in [3.05, 3.63) is 84.8 Å². The Morgan fingerprint density at radius 2 is 1.24 bits per heavy atom. The van der Waals surface area contributed by atoms with Crippen LogP contribution in [0.15, 0.2) is 83.5 Å². The van der Waals surface area contributed by atoms with E-state index in [4.69, 9.17) is 4.42 Å². The zero-order valence-electron chi connectivity index (χ0n) is 13.4. The van der Waals surface area contributed by atoms with Gasteiger partial charge in [0, 0.05) is 6.42 Å². The number of anilines is 2. The first kappa shape index (κ1) is 15.2. The highest BCUT2D eigenvalue weighted by Crippen LogP contribution is 2.33. The van der Waals surface area contributed by atoms with Crippen LogP contribution in [0, 0.1) is 5.92 Å². The second kappa shape index (κ2) is 6.28. The molecular formula is C20H16N2O3. The molecule has 3 aromatic rings. The second-order valence-electron chi connectivity index (χ2n) is 5.81. The smallest absolute Gasteiger partial charge is 0.259 e. The number of amides is 2. The van der Waals surface area contributed by atoms with E-state index in [0.29, 0.717) is 17.1 Å². The predicted molar refractivity (Wildman–Crippen MR) is 93.8 cm³/mol. The van der Waals surface area contributed by atoms with Crippen LogP contribution in [-0.2, 0) is 16.0 Å². The monoisotopic (exact) mass is 332 g/mol. The molecule has 1 aromatic heterocycles. The lowest BCUT2D eigenvalue weighted by atomic mass is 10.0. The topological polar surface area (TPSA) is 53.8 Å². The van der Waals surface area contributed by atoms with Gasteiger partial charge in [-0.3, -0.25) is 9.59 Å². The normalized spacial score (nSPS) is 15.2. The van der Waals surface area contributed by atoms with Gasteiger partial charge in [0.25, 0.3) is 11.8 Å². The Labute approximate surface area is 145 Å². The quantitative estimate of drug-likeness (QED) is 0.688. The minimum atomic E-state index is -0.799. The summed E-state index contributed by atoms with van der Waals surface area (Å²) in [7, 11) is 0. The SMILES string of the molecule is O=C1C(Cc2ccco2)C(=O)N(c2ccccc2)N1c1ccccc1. The van der Waals surface area contributed by atoms with Crippen LogP contribution in [0.3, 0.4) is 0 Å². The van der Waals surface area contributed by atoms with Crippen LogP contribution in [0.2, 0.25) is 0 Å². The Morgan fingerprint density at radius 1 is 0.720 bits per heavy atom. The molecule has 0 spiro atoms. The molecule has 2 heterocycles. The van der Waals surface area contributed by atoms with Crippen LogP contribution in [-0.4, -0.2) is 11.8 Å². The Morgan fingerprint density at radius 3 is 1.68 bits per heavy atom. The molecule has 2 amide bonds. The van der Waals surface area contributed by atoms with Gasteiger partial charge in [-0.2, -0.15) is 0 Å². The zero-order chi connectivity index (χ0) is 17.2. The molecule has 0 aliphatic carbocycles. The number of benzene rings is 2. The molecule has 0 unspecified atom stereocenters. The van der Waals surface area contributed by atoms with E-state index in [-0.39, 0.29) is 18.2 Å². The van der Waals surface area contributed by atoms with E-state index >= 15 is 0 Å². The van der Waals surface area contributed by atoms with Crippen LogP contribution >= 0.6 is 0 Å². The van der Waals surface area contributed by atoms with Crippen LogP contribution in [0.25, 0.3) is 0 Å². The molecule has 0 radical (unpaired) electrons. The number of rotatable bonds is 4. The minimum absolute atomic E-state index is 0.247. The van der Waals surface area contributed by atoms with Crippen molar-refractivity contribution in [1.82, 2.24) is 0 Å². The summed E-state index contributed by atoms with van der Waals surface area (Å²) in [6, 6.07) is 21.9. The Hall–Kier alpha value is -3.34. The van der Waals surface area contributed by atoms with Gasteiger partial charge in [-0.15, -0.1) is 0 Å².